The topological polar surface area (TPSA) is 40.5 Å². The van der Waals surface area contributed by atoms with Gasteiger partial charge in [-0.3, -0.25) is 0 Å². The Morgan fingerprint density at radius 1 is 1.16 bits per heavy atom. The van der Waals surface area contributed by atoms with E-state index in [2.05, 4.69) is 43.6 Å². The van der Waals surface area contributed by atoms with Crippen LogP contribution in [0.5, 0.6) is 0 Å². The third-order valence-electron chi connectivity index (χ3n) is 8.20. The van der Waals surface area contributed by atoms with Gasteiger partial charge in [0.15, 0.2) is 0 Å². The fourth-order valence-electron chi connectivity index (χ4n) is 6.39. The largest absolute Gasteiger partial charge is 0.388 e. The van der Waals surface area contributed by atoms with Crippen LogP contribution < -0.4 is 0 Å². The standard InChI is InChI=1S/C28H38O2.C2H6/c1-20(29)8-6-17-28(18-19-28)26-13-5-11-24-23(10-7-16-27(24,26)3)15-14-22-9-4-12-25(30)21(22)2;1-2/h13-15,20,24-25,29-30H,2,4-5,7,9-12,16-19H2,1,3H3;1-2H3/b22-14-,23-15+;. The Morgan fingerprint density at radius 2 is 1.91 bits per heavy atom. The Balaban J connectivity index is 0.00000141. The molecule has 4 aliphatic rings. The summed E-state index contributed by atoms with van der Waals surface area (Å²) in [6, 6.07) is 0. The molecular weight excluding hydrogens is 392 g/mol. The van der Waals surface area contributed by atoms with Gasteiger partial charge < -0.3 is 10.2 Å². The van der Waals surface area contributed by atoms with Crippen molar-refractivity contribution in [3.8, 4) is 11.8 Å². The lowest BCUT2D eigenvalue weighted by Crippen LogP contribution is -2.39. The van der Waals surface area contributed by atoms with Gasteiger partial charge in [-0.05, 0) is 93.6 Å². The molecule has 4 aliphatic carbocycles. The normalized spacial score (nSPS) is 34.4. The highest BCUT2D eigenvalue weighted by Crippen LogP contribution is 2.66. The van der Waals surface area contributed by atoms with E-state index in [9.17, 15) is 10.2 Å². The summed E-state index contributed by atoms with van der Waals surface area (Å²) in [6.45, 7) is 12.4. The predicted molar refractivity (Wildman–Crippen MR) is 135 cm³/mol. The Bertz CT molecular complexity index is 840. The molecule has 0 heterocycles. The lowest BCUT2D eigenvalue weighted by molar-refractivity contribution is 0.167. The van der Waals surface area contributed by atoms with Gasteiger partial charge in [0.2, 0.25) is 0 Å². The van der Waals surface area contributed by atoms with Crippen molar-refractivity contribution in [2.45, 2.75) is 111 Å². The molecule has 3 saturated carbocycles. The summed E-state index contributed by atoms with van der Waals surface area (Å²) in [4.78, 5) is 0. The second-order valence-electron chi connectivity index (χ2n) is 10.3. The van der Waals surface area contributed by atoms with Gasteiger partial charge in [-0.15, -0.1) is 0 Å². The molecule has 0 aliphatic heterocycles. The fraction of sp³-hybridized carbons (Fsp3) is 0.667. The van der Waals surface area contributed by atoms with Crippen molar-refractivity contribution in [1.82, 2.24) is 0 Å². The zero-order valence-electron chi connectivity index (χ0n) is 20.8. The van der Waals surface area contributed by atoms with E-state index in [-0.39, 0.29) is 16.9 Å². The van der Waals surface area contributed by atoms with Crippen LogP contribution in [-0.4, -0.2) is 22.4 Å². The number of aliphatic hydroxyl groups excluding tert-OH is 2. The lowest BCUT2D eigenvalue weighted by atomic mass is 9.54. The minimum atomic E-state index is -0.533. The molecular formula is C30H44O2. The molecule has 4 rings (SSSR count). The Morgan fingerprint density at radius 3 is 2.59 bits per heavy atom. The first-order chi connectivity index (χ1) is 15.4. The second kappa shape index (κ2) is 10.6. The van der Waals surface area contributed by atoms with E-state index in [0.29, 0.717) is 5.92 Å². The van der Waals surface area contributed by atoms with Crippen molar-refractivity contribution in [2.24, 2.45) is 16.7 Å². The summed E-state index contributed by atoms with van der Waals surface area (Å²) >= 11 is 0. The Labute approximate surface area is 196 Å². The summed E-state index contributed by atoms with van der Waals surface area (Å²) in [7, 11) is 0. The molecule has 0 saturated heterocycles. The minimum Gasteiger partial charge on any atom is -0.388 e. The van der Waals surface area contributed by atoms with E-state index >= 15 is 0 Å². The van der Waals surface area contributed by atoms with E-state index in [4.69, 9.17) is 0 Å². The molecule has 0 aromatic carbocycles. The minimum absolute atomic E-state index is 0.243. The van der Waals surface area contributed by atoms with Crippen LogP contribution in [0, 0.1) is 28.6 Å². The Kier molecular flexibility index (Phi) is 8.29. The van der Waals surface area contributed by atoms with Gasteiger partial charge in [-0.1, -0.05) is 68.6 Å². The molecule has 0 amide bonds. The molecule has 3 fully saturated rings. The maximum atomic E-state index is 10.2. The molecule has 4 unspecified atom stereocenters. The quantitative estimate of drug-likeness (QED) is 0.368. The third-order valence-corrected chi connectivity index (χ3v) is 8.20. The summed E-state index contributed by atoms with van der Waals surface area (Å²) in [5, 5.41) is 19.7. The van der Waals surface area contributed by atoms with E-state index in [0.717, 1.165) is 31.3 Å². The van der Waals surface area contributed by atoms with Crippen LogP contribution >= 0.6 is 0 Å². The van der Waals surface area contributed by atoms with Crippen molar-refractivity contribution in [1.29, 1.82) is 0 Å². The zero-order valence-corrected chi connectivity index (χ0v) is 20.8. The number of rotatable bonds is 3. The first kappa shape index (κ1) is 25.1. The van der Waals surface area contributed by atoms with E-state index in [1.54, 1.807) is 18.1 Å². The first-order valence-corrected chi connectivity index (χ1v) is 13.0. The fourth-order valence-corrected chi connectivity index (χ4v) is 6.39. The van der Waals surface area contributed by atoms with Crippen LogP contribution in [0.3, 0.4) is 0 Å². The molecule has 0 spiro atoms. The molecule has 2 nitrogen and oxygen atoms in total. The number of hydrogen-bond acceptors (Lipinski definition) is 2. The number of fused-ring (bicyclic) bond motifs is 1. The molecule has 0 aromatic rings. The van der Waals surface area contributed by atoms with Crippen LogP contribution in [-0.2, 0) is 0 Å². The van der Waals surface area contributed by atoms with Crippen molar-refractivity contribution in [3.63, 3.8) is 0 Å². The van der Waals surface area contributed by atoms with Gasteiger partial charge in [-0.2, -0.15) is 0 Å². The van der Waals surface area contributed by atoms with E-state index in [1.807, 2.05) is 13.8 Å². The van der Waals surface area contributed by atoms with Gasteiger partial charge in [-0.25, -0.2) is 0 Å². The van der Waals surface area contributed by atoms with Crippen LogP contribution in [0.4, 0.5) is 0 Å². The van der Waals surface area contributed by atoms with E-state index in [1.165, 1.54) is 50.5 Å². The van der Waals surface area contributed by atoms with Crippen LogP contribution in [0.1, 0.15) is 98.3 Å². The average Bonchev–Trinajstić information content (AvgIpc) is 3.55. The monoisotopic (exact) mass is 436 g/mol. The maximum absolute atomic E-state index is 10.2. The van der Waals surface area contributed by atoms with Gasteiger partial charge in [0.1, 0.15) is 6.10 Å². The second-order valence-corrected chi connectivity index (χ2v) is 10.3. The molecule has 0 radical (unpaired) electrons. The van der Waals surface area contributed by atoms with Crippen molar-refractivity contribution in [2.75, 3.05) is 0 Å². The summed E-state index contributed by atoms with van der Waals surface area (Å²) < 4.78 is 0. The highest BCUT2D eigenvalue weighted by atomic mass is 16.3. The van der Waals surface area contributed by atoms with Crippen LogP contribution in [0.15, 0.2) is 47.1 Å². The van der Waals surface area contributed by atoms with Crippen LogP contribution in [0.25, 0.3) is 0 Å². The molecule has 32 heavy (non-hydrogen) atoms. The molecule has 0 aromatic heterocycles. The van der Waals surface area contributed by atoms with E-state index < -0.39 is 6.10 Å². The lowest BCUT2D eigenvalue weighted by Gasteiger charge is -2.50. The predicted octanol–water partition coefficient (Wildman–Crippen LogP) is 7.05. The average molecular weight is 437 g/mol. The number of allylic oxidation sites excluding steroid dienone is 5. The van der Waals surface area contributed by atoms with Crippen molar-refractivity contribution >= 4 is 0 Å². The highest BCUT2D eigenvalue weighted by molar-refractivity contribution is 5.40. The van der Waals surface area contributed by atoms with Crippen LogP contribution in [0.2, 0.25) is 0 Å². The molecule has 2 heteroatoms. The molecule has 0 bridgehead atoms. The van der Waals surface area contributed by atoms with Crippen molar-refractivity contribution in [3.05, 3.63) is 47.1 Å². The third kappa shape index (κ3) is 5.16. The summed E-state index contributed by atoms with van der Waals surface area (Å²) in [5.41, 5.74) is 5.94. The zero-order chi connectivity index (χ0) is 23.4. The summed E-state index contributed by atoms with van der Waals surface area (Å²) in [6.07, 6.45) is 18.8. The van der Waals surface area contributed by atoms with Gasteiger partial charge in [0.05, 0.1) is 6.10 Å². The highest BCUT2D eigenvalue weighted by Gasteiger charge is 2.55. The summed E-state index contributed by atoms with van der Waals surface area (Å²) in [5.74, 6) is 6.87. The SMILES string of the molecule is C=C1/C(=C\C=C2/CCCC3(C)C(C4(CC#CC(C)O)CC4)=CCCC23)CCCC1O.CC. The smallest absolute Gasteiger partial charge is 0.111 e. The molecule has 176 valence electrons. The van der Waals surface area contributed by atoms with Gasteiger partial charge >= 0.3 is 0 Å². The number of aliphatic hydroxyl groups is 2. The Hall–Kier alpha value is -1.56. The first-order valence-electron chi connectivity index (χ1n) is 13.0. The molecule has 2 N–H and O–H groups in total. The number of hydrogen-bond donors (Lipinski definition) is 2. The molecule has 4 atom stereocenters. The maximum Gasteiger partial charge on any atom is 0.111 e. The van der Waals surface area contributed by atoms with Gasteiger partial charge in [0, 0.05) is 11.8 Å². The van der Waals surface area contributed by atoms with Crippen molar-refractivity contribution < 1.29 is 10.2 Å². The van der Waals surface area contributed by atoms with Gasteiger partial charge in [0.25, 0.3) is 0 Å².